The number of nitrogens with one attached hydrogen (secondary N) is 1. The highest BCUT2D eigenvalue weighted by Crippen LogP contribution is 2.21. The van der Waals surface area contributed by atoms with Crippen molar-refractivity contribution >= 4 is 28.2 Å². The maximum absolute atomic E-state index is 12.7. The Hall–Kier alpha value is -2.72. The van der Waals surface area contributed by atoms with Crippen molar-refractivity contribution in [2.45, 2.75) is 6.42 Å². The Balaban J connectivity index is 1.80. The van der Waals surface area contributed by atoms with Gasteiger partial charge in [-0.1, -0.05) is 12.1 Å². The van der Waals surface area contributed by atoms with Crippen LogP contribution in [0.4, 0.5) is 9.39 Å². The van der Waals surface area contributed by atoms with E-state index in [-0.39, 0.29) is 12.2 Å². The first-order valence-corrected chi connectivity index (χ1v) is 7.14. The molecule has 0 saturated carbocycles. The molecule has 5 nitrogen and oxygen atoms in total. The number of hydrogen-bond acceptors (Lipinski definition) is 5. The quantitative estimate of drug-likeness (QED) is 0.859. The maximum atomic E-state index is 12.7. The molecule has 0 aliphatic carbocycles. The topological polar surface area (TPSA) is 79.2 Å². The van der Waals surface area contributed by atoms with Gasteiger partial charge in [0.25, 0.3) is 5.91 Å². The van der Waals surface area contributed by atoms with E-state index in [1.807, 2.05) is 6.07 Å². The Labute approximate surface area is 129 Å². The molecule has 0 atom stereocenters. The molecule has 2 rings (SSSR count). The standard InChI is InChI=1S/C15H11FN2O3S/c16-12-3-1-10(2-4-12)7-14(20)21-9-13(19)18-15-11(8-17)5-6-22-15/h1-6H,7,9H2,(H,18,19). The summed E-state index contributed by atoms with van der Waals surface area (Å²) in [5.41, 5.74) is 0.952. The fourth-order valence-electron chi connectivity index (χ4n) is 1.62. The van der Waals surface area contributed by atoms with Crippen LogP contribution >= 0.6 is 11.3 Å². The number of hydrogen-bond donors (Lipinski definition) is 1. The van der Waals surface area contributed by atoms with Gasteiger partial charge in [0.2, 0.25) is 0 Å². The highest BCUT2D eigenvalue weighted by atomic mass is 32.1. The minimum absolute atomic E-state index is 0.0456. The molecule has 1 amide bonds. The van der Waals surface area contributed by atoms with E-state index in [2.05, 4.69) is 5.32 Å². The summed E-state index contributed by atoms with van der Waals surface area (Å²) in [6.07, 6.45) is -0.0456. The normalized spacial score (nSPS) is 9.82. The predicted molar refractivity (Wildman–Crippen MR) is 78.7 cm³/mol. The van der Waals surface area contributed by atoms with Crippen molar-refractivity contribution in [2.24, 2.45) is 0 Å². The summed E-state index contributed by atoms with van der Waals surface area (Å²) in [6, 6.07) is 8.96. The van der Waals surface area contributed by atoms with E-state index in [0.29, 0.717) is 16.1 Å². The Kier molecular flexibility index (Phi) is 5.22. The van der Waals surface area contributed by atoms with Crippen LogP contribution in [0.1, 0.15) is 11.1 Å². The molecule has 1 heterocycles. The third-order valence-electron chi connectivity index (χ3n) is 2.66. The number of ether oxygens (including phenoxy) is 1. The van der Waals surface area contributed by atoms with Gasteiger partial charge in [-0.25, -0.2) is 4.39 Å². The maximum Gasteiger partial charge on any atom is 0.310 e. The van der Waals surface area contributed by atoms with Gasteiger partial charge in [-0.2, -0.15) is 5.26 Å². The third kappa shape index (κ3) is 4.40. The number of halogens is 1. The fourth-order valence-corrected chi connectivity index (χ4v) is 2.38. The van der Waals surface area contributed by atoms with E-state index in [1.165, 1.54) is 35.6 Å². The summed E-state index contributed by atoms with van der Waals surface area (Å²) in [6.45, 7) is -0.442. The van der Waals surface area contributed by atoms with Crippen molar-refractivity contribution in [2.75, 3.05) is 11.9 Å². The number of amides is 1. The molecule has 0 aliphatic rings. The number of esters is 1. The molecule has 1 aromatic heterocycles. The van der Waals surface area contributed by atoms with Crippen LogP contribution in [0.3, 0.4) is 0 Å². The van der Waals surface area contributed by atoms with Gasteiger partial charge in [0.1, 0.15) is 16.9 Å². The lowest BCUT2D eigenvalue weighted by Crippen LogP contribution is -2.21. The van der Waals surface area contributed by atoms with Gasteiger partial charge in [0, 0.05) is 0 Å². The minimum Gasteiger partial charge on any atom is -0.455 e. The first kappa shape index (κ1) is 15.7. The van der Waals surface area contributed by atoms with Crippen LogP contribution in [0.15, 0.2) is 35.7 Å². The van der Waals surface area contributed by atoms with Gasteiger partial charge in [0.05, 0.1) is 12.0 Å². The summed E-state index contributed by atoms with van der Waals surface area (Å²) in [4.78, 5) is 23.2. The Bertz CT molecular complexity index is 719. The van der Waals surface area contributed by atoms with Crippen LogP contribution in [0.25, 0.3) is 0 Å². The van der Waals surface area contributed by atoms with Gasteiger partial charge < -0.3 is 10.1 Å². The molecule has 112 valence electrons. The summed E-state index contributed by atoms with van der Waals surface area (Å²) < 4.78 is 17.6. The number of benzene rings is 1. The van der Waals surface area contributed by atoms with Crippen molar-refractivity contribution in [1.82, 2.24) is 0 Å². The number of carbonyl (C=O) groups excluding carboxylic acids is 2. The second-order valence-electron chi connectivity index (χ2n) is 4.29. The predicted octanol–water partition coefficient (Wildman–Crippen LogP) is 2.48. The number of anilines is 1. The summed E-state index contributed by atoms with van der Waals surface area (Å²) in [5, 5.41) is 13.4. The van der Waals surface area contributed by atoms with E-state index in [0.717, 1.165) is 0 Å². The van der Waals surface area contributed by atoms with Gasteiger partial charge in [-0.3, -0.25) is 9.59 Å². The largest absolute Gasteiger partial charge is 0.455 e. The van der Waals surface area contributed by atoms with Crippen molar-refractivity contribution in [3.05, 3.63) is 52.7 Å². The van der Waals surface area contributed by atoms with Crippen LogP contribution < -0.4 is 5.32 Å². The minimum atomic E-state index is -0.589. The van der Waals surface area contributed by atoms with E-state index < -0.39 is 18.5 Å². The van der Waals surface area contributed by atoms with Crippen LogP contribution in [0.2, 0.25) is 0 Å². The Morgan fingerprint density at radius 1 is 1.27 bits per heavy atom. The lowest BCUT2D eigenvalue weighted by Gasteiger charge is -2.05. The monoisotopic (exact) mass is 318 g/mol. The fraction of sp³-hybridized carbons (Fsp3) is 0.133. The van der Waals surface area contributed by atoms with E-state index in [9.17, 15) is 14.0 Å². The molecule has 2 aromatic rings. The molecular weight excluding hydrogens is 307 g/mol. The number of carbonyl (C=O) groups is 2. The van der Waals surface area contributed by atoms with Crippen molar-refractivity contribution < 1.29 is 18.7 Å². The Morgan fingerprint density at radius 2 is 2.00 bits per heavy atom. The van der Waals surface area contributed by atoms with Crippen LogP contribution in [-0.2, 0) is 20.7 Å². The molecule has 7 heteroatoms. The van der Waals surface area contributed by atoms with Crippen molar-refractivity contribution in [3.8, 4) is 6.07 Å². The number of nitriles is 1. The van der Waals surface area contributed by atoms with Crippen molar-refractivity contribution in [1.29, 1.82) is 5.26 Å². The zero-order valence-electron chi connectivity index (χ0n) is 11.3. The average Bonchev–Trinajstić information content (AvgIpc) is 2.95. The van der Waals surface area contributed by atoms with Gasteiger partial charge in [-0.15, -0.1) is 11.3 Å². The zero-order valence-corrected chi connectivity index (χ0v) is 12.2. The second-order valence-corrected chi connectivity index (χ2v) is 5.20. The highest BCUT2D eigenvalue weighted by Gasteiger charge is 2.11. The smallest absolute Gasteiger partial charge is 0.310 e. The molecule has 0 spiro atoms. The highest BCUT2D eigenvalue weighted by molar-refractivity contribution is 7.14. The third-order valence-corrected chi connectivity index (χ3v) is 3.49. The summed E-state index contributed by atoms with van der Waals surface area (Å²) in [5.74, 6) is -1.50. The molecule has 1 N–H and O–H groups in total. The lowest BCUT2D eigenvalue weighted by atomic mass is 10.1. The van der Waals surface area contributed by atoms with Crippen LogP contribution in [0.5, 0.6) is 0 Å². The number of rotatable bonds is 5. The summed E-state index contributed by atoms with van der Waals surface area (Å²) in [7, 11) is 0. The lowest BCUT2D eigenvalue weighted by molar-refractivity contribution is -0.146. The molecule has 22 heavy (non-hydrogen) atoms. The van der Waals surface area contributed by atoms with Crippen LogP contribution in [-0.4, -0.2) is 18.5 Å². The van der Waals surface area contributed by atoms with Gasteiger partial charge >= 0.3 is 5.97 Å². The Morgan fingerprint density at radius 3 is 2.68 bits per heavy atom. The van der Waals surface area contributed by atoms with Gasteiger partial charge in [0.15, 0.2) is 6.61 Å². The van der Waals surface area contributed by atoms with E-state index >= 15 is 0 Å². The van der Waals surface area contributed by atoms with Crippen molar-refractivity contribution in [3.63, 3.8) is 0 Å². The first-order valence-electron chi connectivity index (χ1n) is 6.26. The van der Waals surface area contributed by atoms with Gasteiger partial charge in [-0.05, 0) is 29.1 Å². The zero-order chi connectivity index (χ0) is 15.9. The van der Waals surface area contributed by atoms with E-state index in [1.54, 1.807) is 11.4 Å². The molecular formula is C15H11FN2O3S. The molecule has 0 fully saturated rings. The molecule has 0 radical (unpaired) electrons. The molecule has 0 bridgehead atoms. The number of nitrogens with zero attached hydrogens (tertiary/aromatic N) is 1. The SMILES string of the molecule is N#Cc1ccsc1NC(=O)COC(=O)Cc1ccc(F)cc1. The molecule has 1 aromatic carbocycles. The van der Waals surface area contributed by atoms with E-state index in [4.69, 9.17) is 10.00 Å². The molecule has 0 aliphatic heterocycles. The number of thiophene rings is 1. The first-order chi connectivity index (χ1) is 10.6. The molecule has 0 unspecified atom stereocenters. The van der Waals surface area contributed by atoms with Crippen LogP contribution in [0, 0.1) is 17.1 Å². The average molecular weight is 318 g/mol. The second kappa shape index (κ2) is 7.33. The molecule has 0 saturated heterocycles. The summed E-state index contributed by atoms with van der Waals surface area (Å²) >= 11 is 1.21.